The second-order valence-corrected chi connectivity index (χ2v) is 9.92. The largest absolute Gasteiger partial charge is 0.329 e. The third kappa shape index (κ3) is 4.35. The molecule has 1 saturated heterocycles. The Labute approximate surface area is 156 Å². The average molecular weight is 412 g/mol. The van der Waals surface area contributed by atoms with Gasteiger partial charge in [0.1, 0.15) is 0 Å². The van der Waals surface area contributed by atoms with Crippen LogP contribution in [-0.2, 0) is 20.0 Å². The monoisotopic (exact) mass is 411 g/mol. The maximum absolute atomic E-state index is 13.0. The van der Waals surface area contributed by atoms with Crippen molar-refractivity contribution in [1.82, 2.24) is 9.03 Å². The summed E-state index contributed by atoms with van der Waals surface area (Å²) in [5.74, 6) is 0.198. The van der Waals surface area contributed by atoms with E-state index in [1.807, 2.05) is 6.92 Å². The minimum Gasteiger partial charge on any atom is -0.329 e. The van der Waals surface area contributed by atoms with Crippen molar-refractivity contribution < 1.29 is 16.8 Å². The number of halogens is 1. The summed E-state index contributed by atoms with van der Waals surface area (Å²) in [6, 6.07) is 3.86. The van der Waals surface area contributed by atoms with E-state index in [2.05, 4.69) is 4.72 Å². The smallest absolute Gasteiger partial charge is 0.243 e. The van der Waals surface area contributed by atoms with Gasteiger partial charge in [0.05, 0.1) is 9.79 Å². The number of nitrogens with one attached hydrogen (secondary N) is 1. The Morgan fingerprint density at radius 3 is 2.44 bits per heavy atom. The van der Waals surface area contributed by atoms with Gasteiger partial charge in [-0.1, -0.05) is 6.92 Å². The lowest BCUT2D eigenvalue weighted by Gasteiger charge is -2.38. The molecule has 0 aromatic heterocycles. The topological polar surface area (TPSA) is 110 Å². The van der Waals surface area contributed by atoms with Crippen molar-refractivity contribution in [3.63, 3.8) is 0 Å². The van der Waals surface area contributed by atoms with Crippen LogP contribution in [0.5, 0.6) is 0 Å². The van der Waals surface area contributed by atoms with E-state index in [1.54, 1.807) is 6.92 Å². The maximum Gasteiger partial charge on any atom is 0.243 e. The second kappa shape index (κ2) is 8.32. The molecule has 7 nitrogen and oxygen atoms in total. The van der Waals surface area contributed by atoms with E-state index in [0.717, 1.165) is 12.8 Å². The SMILES string of the molecule is CNS(=O)(=O)c1ccc(S(=O)(=O)N2CCCC(C)C2CN)cc1C.Cl. The summed E-state index contributed by atoms with van der Waals surface area (Å²) in [5.41, 5.74) is 6.18. The molecular weight excluding hydrogens is 386 g/mol. The summed E-state index contributed by atoms with van der Waals surface area (Å²) in [7, 11) is -6.01. The molecule has 1 aliphatic heterocycles. The van der Waals surface area contributed by atoms with E-state index in [4.69, 9.17) is 5.73 Å². The van der Waals surface area contributed by atoms with Gasteiger partial charge < -0.3 is 5.73 Å². The lowest BCUT2D eigenvalue weighted by Crippen LogP contribution is -2.51. The third-order valence-electron chi connectivity index (χ3n) is 4.62. The third-order valence-corrected chi connectivity index (χ3v) is 8.11. The Morgan fingerprint density at radius 2 is 1.92 bits per heavy atom. The predicted molar refractivity (Wildman–Crippen MR) is 99.8 cm³/mol. The molecule has 1 aliphatic rings. The van der Waals surface area contributed by atoms with Gasteiger partial charge in [-0.3, -0.25) is 0 Å². The first-order chi connectivity index (χ1) is 11.1. The van der Waals surface area contributed by atoms with E-state index in [9.17, 15) is 16.8 Å². The van der Waals surface area contributed by atoms with E-state index < -0.39 is 20.0 Å². The van der Waals surface area contributed by atoms with Gasteiger partial charge in [0.15, 0.2) is 0 Å². The summed E-state index contributed by atoms with van der Waals surface area (Å²) >= 11 is 0. The van der Waals surface area contributed by atoms with Gasteiger partial charge in [-0.25, -0.2) is 21.6 Å². The lowest BCUT2D eigenvalue weighted by molar-refractivity contribution is 0.192. The Bertz CT molecular complexity index is 812. The molecule has 10 heteroatoms. The number of aryl methyl sites for hydroxylation is 1. The molecule has 0 saturated carbocycles. The summed E-state index contributed by atoms with van der Waals surface area (Å²) in [6.45, 7) is 4.30. The number of benzene rings is 1. The zero-order valence-corrected chi connectivity index (χ0v) is 17.0. The van der Waals surface area contributed by atoms with Crippen LogP contribution < -0.4 is 10.5 Å². The molecule has 144 valence electrons. The zero-order chi connectivity index (χ0) is 18.1. The minimum atomic E-state index is -3.71. The highest BCUT2D eigenvalue weighted by molar-refractivity contribution is 7.89. The highest BCUT2D eigenvalue weighted by Crippen LogP contribution is 2.29. The van der Waals surface area contributed by atoms with Crippen molar-refractivity contribution in [2.75, 3.05) is 20.1 Å². The molecule has 3 N–H and O–H groups in total. The number of nitrogens with zero attached hydrogens (tertiary/aromatic N) is 1. The van der Waals surface area contributed by atoms with Crippen LogP contribution in [0.4, 0.5) is 0 Å². The van der Waals surface area contributed by atoms with E-state index >= 15 is 0 Å². The van der Waals surface area contributed by atoms with Crippen molar-refractivity contribution in [1.29, 1.82) is 0 Å². The molecule has 1 aromatic rings. The highest BCUT2D eigenvalue weighted by Gasteiger charge is 2.36. The van der Waals surface area contributed by atoms with Crippen LogP contribution in [0.1, 0.15) is 25.3 Å². The zero-order valence-electron chi connectivity index (χ0n) is 14.6. The first-order valence-corrected chi connectivity index (χ1v) is 10.8. The fourth-order valence-corrected chi connectivity index (χ4v) is 5.99. The van der Waals surface area contributed by atoms with Crippen molar-refractivity contribution in [3.05, 3.63) is 23.8 Å². The van der Waals surface area contributed by atoms with Gasteiger partial charge in [0.25, 0.3) is 0 Å². The second-order valence-electron chi connectivity index (χ2n) is 6.17. The quantitative estimate of drug-likeness (QED) is 0.753. The molecule has 25 heavy (non-hydrogen) atoms. The molecule has 0 aliphatic carbocycles. The number of piperidine rings is 1. The summed E-state index contributed by atoms with van der Waals surface area (Å²) in [6.07, 6.45) is 1.74. The standard InChI is InChI=1S/C15H25N3O4S2.ClH/c1-11-5-4-8-18(14(11)10-16)24(21,22)13-6-7-15(12(2)9-13)23(19,20)17-3;/h6-7,9,11,14,17H,4-5,8,10,16H2,1-3H3;1H. The van der Waals surface area contributed by atoms with Crippen molar-refractivity contribution in [2.24, 2.45) is 11.7 Å². The fraction of sp³-hybridized carbons (Fsp3) is 0.600. The maximum atomic E-state index is 13.0. The molecule has 0 radical (unpaired) electrons. The van der Waals surface area contributed by atoms with Gasteiger partial charge in [-0.05, 0) is 56.5 Å². The average Bonchev–Trinajstić information content (AvgIpc) is 2.54. The van der Waals surface area contributed by atoms with Crippen molar-refractivity contribution in [3.8, 4) is 0 Å². The molecule has 2 rings (SSSR count). The van der Waals surface area contributed by atoms with Gasteiger partial charge in [-0.15, -0.1) is 12.4 Å². The Hall–Kier alpha value is -0.710. The van der Waals surface area contributed by atoms with Crippen LogP contribution >= 0.6 is 12.4 Å². The fourth-order valence-electron chi connectivity index (χ4n) is 3.19. The number of hydrogen-bond donors (Lipinski definition) is 2. The number of rotatable bonds is 5. The lowest BCUT2D eigenvalue weighted by atomic mass is 9.93. The number of nitrogens with two attached hydrogens (primary N) is 1. The number of sulfonamides is 2. The van der Waals surface area contributed by atoms with E-state index in [0.29, 0.717) is 12.1 Å². The predicted octanol–water partition coefficient (Wildman–Crippen LogP) is 1.07. The molecule has 0 spiro atoms. The van der Waals surface area contributed by atoms with Crippen LogP contribution in [0.3, 0.4) is 0 Å². The van der Waals surface area contributed by atoms with Gasteiger partial charge in [-0.2, -0.15) is 4.31 Å². The molecule has 1 fully saturated rings. The van der Waals surface area contributed by atoms with E-state index in [-0.39, 0.29) is 40.7 Å². The van der Waals surface area contributed by atoms with Crippen LogP contribution in [0, 0.1) is 12.8 Å². The van der Waals surface area contributed by atoms with Crippen LogP contribution in [-0.4, -0.2) is 47.3 Å². The molecule has 1 heterocycles. The Balaban J connectivity index is 0.00000312. The summed E-state index contributed by atoms with van der Waals surface area (Å²) < 4.78 is 53.6. The molecule has 2 unspecified atom stereocenters. The molecule has 1 aromatic carbocycles. The summed E-state index contributed by atoms with van der Waals surface area (Å²) in [5, 5.41) is 0. The van der Waals surface area contributed by atoms with Gasteiger partial charge in [0, 0.05) is 19.1 Å². The molecular formula is C15H26ClN3O4S2. The minimum absolute atomic E-state index is 0. The van der Waals surface area contributed by atoms with E-state index in [1.165, 1.54) is 29.6 Å². The van der Waals surface area contributed by atoms with Crippen LogP contribution in [0.2, 0.25) is 0 Å². The first-order valence-electron chi connectivity index (χ1n) is 7.91. The van der Waals surface area contributed by atoms with Crippen molar-refractivity contribution in [2.45, 2.75) is 42.5 Å². The molecule has 2 atom stereocenters. The van der Waals surface area contributed by atoms with Crippen molar-refractivity contribution >= 4 is 32.5 Å². The number of hydrogen-bond acceptors (Lipinski definition) is 5. The first kappa shape index (κ1) is 22.3. The van der Waals surface area contributed by atoms with Gasteiger partial charge in [0.2, 0.25) is 20.0 Å². The summed E-state index contributed by atoms with van der Waals surface area (Å²) in [4.78, 5) is 0.175. The highest BCUT2D eigenvalue weighted by atomic mass is 35.5. The van der Waals surface area contributed by atoms with Crippen LogP contribution in [0.15, 0.2) is 28.0 Å². The normalized spacial score (nSPS) is 22.4. The Morgan fingerprint density at radius 1 is 1.28 bits per heavy atom. The molecule has 0 bridgehead atoms. The Kier molecular flexibility index (Phi) is 7.43. The molecule has 0 amide bonds. The van der Waals surface area contributed by atoms with Gasteiger partial charge >= 0.3 is 0 Å². The van der Waals surface area contributed by atoms with Crippen LogP contribution in [0.25, 0.3) is 0 Å².